The van der Waals surface area contributed by atoms with Crippen molar-refractivity contribution in [1.82, 2.24) is 0 Å². The first-order valence-corrected chi connectivity index (χ1v) is 6.44. The summed E-state index contributed by atoms with van der Waals surface area (Å²) in [4.78, 5) is 13.4. The number of carboxylic acid groups (broad SMARTS) is 1. The Morgan fingerprint density at radius 2 is 2.06 bits per heavy atom. The van der Waals surface area contributed by atoms with E-state index in [1.54, 1.807) is 12.1 Å². The van der Waals surface area contributed by atoms with Crippen LogP contribution < -0.4 is 4.90 Å². The van der Waals surface area contributed by atoms with E-state index in [1.807, 2.05) is 12.1 Å². The van der Waals surface area contributed by atoms with Crippen LogP contribution in [0.5, 0.6) is 0 Å². The fraction of sp³-hybridized carbons (Fsp3) is 0.500. The van der Waals surface area contributed by atoms with Gasteiger partial charge in [-0.2, -0.15) is 0 Å². The summed E-state index contributed by atoms with van der Waals surface area (Å²) in [6.07, 6.45) is 4.10. The lowest BCUT2D eigenvalue weighted by Crippen LogP contribution is -2.41. The molecule has 0 unspecified atom stereocenters. The quantitative estimate of drug-likeness (QED) is 0.810. The molecule has 0 radical (unpaired) electrons. The second-order valence-corrected chi connectivity index (χ2v) is 4.68. The van der Waals surface area contributed by atoms with Crippen molar-refractivity contribution in [2.45, 2.75) is 31.7 Å². The molecule has 1 aromatic rings. The fourth-order valence-corrected chi connectivity index (χ4v) is 2.34. The van der Waals surface area contributed by atoms with E-state index in [0.29, 0.717) is 24.6 Å². The minimum absolute atomic E-state index is 0.137. The van der Waals surface area contributed by atoms with Crippen molar-refractivity contribution in [3.05, 3.63) is 29.8 Å². The number of para-hydroxylation sites is 1. The molecule has 1 aliphatic rings. The first kappa shape index (κ1) is 12.9. The van der Waals surface area contributed by atoms with Gasteiger partial charge >= 0.3 is 5.97 Å². The summed E-state index contributed by atoms with van der Waals surface area (Å²) in [6, 6.07) is 7.54. The molecule has 0 bridgehead atoms. The van der Waals surface area contributed by atoms with Crippen LogP contribution >= 0.6 is 0 Å². The van der Waals surface area contributed by atoms with Crippen molar-refractivity contribution in [3.63, 3.8) is 0 Å². The molecular weight excluding hydrogens is 230 g/mol. The standard InChI is InChI=1S/C14H19NO3/c16-10-4-9-15(11-5-3-6-11)13-8-2-1-7-12(13)14(17)18/h1-2,7-8,11,16H,3-6,9-10H2,(H,17,18). The molecule has 4 heteroatoms. The zero-order valence-electron chi connectivity index (χ0n) is 10.4. The smallest absolute Gasteiger partial charge is 0.337 e. The molecular formula is C14H19NO3. The third-order valence-electron chi connectivity index (χ3n) is 3.52. The van der Waals surface area contributed by atoms with Crippen molar-refractivity contribution in [2.75, 3.05) is 18.1 Å². The molecule has 4 nitrogen and oxygen atoms in total. The van der Waals surface area contributed by atoms with Gasteiger partial charge < -0.3 is 15.1 Å². The third kappa shape index (κ3) is 2.64. The predicted octanol–water partition coefficient (Wildman–Crippen LogP) is 2.13. The molecule has 2 rings (SSSR count). The van der Waals surface area contributed by atoms with Crippen molar-refractivity contribution in [2.24, 2.45) is 0 Å². The highest BCUT2D eigenvalue weighted by Gasteiger charge is 2.27. The van der Waals surface area contributed by atoms with Gasteiger partial charge in [0.05, 0.1) is 11.3 Å². The lowest BCUT2D eigenvalue weighted by atomic mass is 9.90. The first-order valence-electron chi connectivity index (χ1n) is 6.44. The molecule has 0 spiro atoms. The van der Waals surface area contributed by atoms with Crippen molar-refractivity contribution >= 4 is 11.7 Å². The van der Waals surface area contributed by atoms with Gasteiger partial charge in [-0.3, -0.25) is 0 Å². The Hall–Kier alpha value is -1.55. The number of aromatic carboxylic acids is 1. The molecule has 1 fully saturated rings. The molecule has 1 aliphatic carbocycles. The second kappa shape index (κ2) is 5.87. The lowest BCUT2D eigenvalue weighted by Gasteiger charge is -2.40. The van der Waals surface area contributed by atoms with Crippen molar-refractivity contribution in [1.29, 1.82) is 0 Å². The van der Waals surface area contributed by atoms with Gasteiger partial charge in [0.15, 0.2) is 0 Å². The Morgan fingerprint density at radius 3 is 2.61 bits per heavy atom. The molecule has 0 atom stereocenters. The molecule has 1 saturated carbocycles. The van der Waals surface area contributed by atoms with Crippen LogP contribution in [-0.4, -0.2) is 35.4 Å². The topological polar surface area (TPSA) is 60.8 Å². The zero-order chi connectivity index (χ0) is 13.0. The van der Waals surface area contributed by atoms with E-state index in [0.717, 1.165) is 18.5 Å². The minimum Gasteiger partial charge on any atom is -0.478 e. The third-order valence-corrected chi connectivity index (χ3v) is 3.52. The highest BCUT2D eigenvalue weighted by molar-refractivity contribution is 5.94. The largest absolute Gasteiger partial charge is 0.478 e. The molecule has 98 valence electrons. The molecule has 1 aromatic carbocycles. The second-order valence-electron chi connectivity index (χ2n) is 4.68. The maximum Gasteiger partial charge on any atom is 0.337 e. The Kier molecular flexibility index (Phi) is 4.20. The summed E-state index contributed by atoms with van der Waals surface area (Å²) in [5.74, 6) is -0.890. The maximum atomic E-state index is 11.3. The number of nitrogens with zero attached hydrogens (tertiary/aromatic N) is 1. The van der Waals surface area contributed by atoms with Crippen molar-refractivity contribution in [3.8, 4) is 0 Å². The number of rotatable bonds is 6. The molecule has 0 saturated heterocycles. The van der Waals surface area contributed by atoms with Crippen LogP contribution in [0.25, 0.3) is 0 Å². The minimum atomic E-state index is -0.890. The summed E-state index contributed by atoms with van der Waals surface area (Å²) in [7, 11) is 0. The van der Waals surface area contributed by atoms with E-state index in [2.05, 4.69) is 4.90 Å². The normalized spacial score (nSPS) is 15.2. The van der Waals surface area contributed by atoms with Crippen LogP contribution in [0.15, 0.2) is 24.3 Å². The maximum absolute atomic E-state index is 11.3. The number of hydrogen-bond acceptors (Lipinski definition) is 3. The Labute approximate surface area is 107 Å². The average molecular weight is 249 g/mol. The summed E-state index contributed by atoms with van der Waals surface area (Å²) in [6.45, 7) is 0.851. The summed E-state index contributed by atoms with van der Waals surface area (Å²) < 4.78 is 0. The fourth-order valence-electron chi connectivity index (χ4n) is 2.34. The monoisotopic (exact) mass is 249 g/mol. The van der Waals surface area contributed by atoms with Gasteiger partial charge in [-0.1, -0.05) is 12.1 Å². The van der Waals surface area contributed by atoms with Crippen molar-refractivity contribution < 1.29 is 15.0 Å². The molecule has 0 aromatic heterocycles. The summed E-state index contributed by atoms with van der Waals surface area (Å²) in [5.41, 5.74) is 1.13. The summed E-state index contributed by atoms with van der Waals surface area (Å²) in [5, 5.41) is 18.2. The average Bonchev–Trinajstić information content (AvgIpc) is 2.32. The van der Waals surface area contributed by atoms with Gasteiger partial charge in [-0.15, -0.1) is 0 Å². The van der Waals surface area contributed by atoms with Crippen LogP contribution in [0.4, 0.5) is 5.69 Å². The van der Waals surface area contributed by atoms with E-state index in [9.17, 15) is 9.90 Å². The van der Waals surface area contributed by atoms with Gasteiger partial charge in [0.2, 0.25) is 0 Å². The number of aliphatic hydroxyl groups is 1. The molecule has 0 heterocycles. The van der Waals surface area contributed by atoms with Crippen LogP contribution in [0, 0.1) is 0 Å². The summed E-state index contributed by atoms with van der Waals surface area (Å²) >= 11 is 0. The number of hydrogen-bond donors (Lipinski definition) is 2. The Balaban J connectivity index is 2.25. The molecule has 18 heavy (non-hydrogen) atoms. The van der Waals surface area contributed by atoms with Crippen LogP contribution in [0.2, 0.25) is 0 Å². The molecule has 0 aliphatic heterocycles. The zero-order valence-corrected chi connectivity index (χ0v) is 10.4. The van der Waals surface area contributed by atoms with E-state index < -0.39 is 5.97 Å². The van der Waals surface area contributed by atoms with E-state index in [1.165, 1.54) is 6.42 Å². The van der Waals surface area contributed by atoms with Gasteiger partial charge in [0, 0.05) is 19.2 Å². The van der Waals surface area contributed by atoms with Crippen LogP contribution in [0.3, 0.4) is 0 Å². The van der Waals surface area contributed by atoms with Crippen LogP contribution in [0.1, 0.15) is 36.0 Å². The van der Waals surface area contributed by atoms with Gasteiger partial charge in [-0.05, 0) is 37.8 Å². The SMILES string of the molecule is O=C(O)c1ccccc1N(CCCO)C1CCC1. The number of aliphatic hydroxyl groups excluding tert-OH is 1. The van der Waals surface area contributed by atoms with Gasteiger partial charge in [0.25, 0.3) is 0 Å². The van der Waals surface area contributed by atoms with E-state index in [4.69, 9.17) is 5.11 Å². The van der Waals surface area contributed by atoms with Crippen LogP contribution in [-0.2, 0) is 0 Å². The number of carbonyl (C=O) groups is 1. The van der Waals surface area contributed by atoms with E-state index >= 15 is 0 Å². The van der Waals surface area contributed by atoms with Gasteiger partial charge in [-0.25, -0.2) is 4.79 Å². The number of anilines is 1. The predicted molar refractivity (Wildman–Crippen MR) is 70.1 cm³/mol. The Morgan fingerprint density at radius 1 is 1.33 bits per heavy atom. The molecule has 0 amide bonds. The molecule has 2 N–H and O–H groups in total. The van der Waals surface area contributed by atoms with E-state index in [-0.39, 0.29) is 6.61 Å². The lowest BCUT2D eigenvalue weighted by molar-refractivity contribution is 0.0697. The highest BCUT2D eigenvalue weighted by atomic mass is 16.4. The number of benzene rings is 1. The number of carboxylic acids is 1. The highest BCUT2D eigenvalue weighted by Crippen LogP contribution is 2.31. The van der Waals surface area contributed by atoms with Gasteiger partial charge in [0.1, 0.15) is 0 Å². The first-order chi connectivity index (χ1) is 8.74. The Bertz CT molecular complexity index is 415.